The number of fused-ring (bicyclic) bond motifs is 1. The van der Waals surface area contributed by atoms with Gasteiger partial charge in [-0.15, -0.1) is 5.10 Å². The lowest BCUT2D eigenvalue weighted by Crippen LogP contribution is -2.58. The molecule has 2 aromatic heterocycles. The molecule has 0 aromatic carbocycles. The maximum atomic E-state index is 11.7. The predicted molar refractivity (Wildman–Crippen MR) is 92.3 cm³/mol. The van der Waals surface area contributed by atoms with Gasteiger partial charge in [-0.1, -0.05) is 26.8 Å². The number of pyridine rings is 1. The number of carboxylic acid groups (broad SMARTS) is 1. The Kier molecular flexibility index (Phi) is 4.42. The van der Waals surface area contributed by atoms with Crippen LogP contribution in [0.5, 0.6) is 5.88 Å². The molecule has 3 rings (SSSR count). The van der Waals surface area contributed by atoms with Gasteiger partial charge < -0.3 is 14.7 Å². The van der Waals surface area contributed by atoms with Crippen LogP contribution in [0.15, 0.2) is 22.9 Å². The Bertz CT molecular complexity index is 755. The second-order valence-corrected chi connectivity index (χ2v) is 7.81. The molecule has 3 heterocycles. The zero-order chi connectivity index (χ0) is 17.5. The molecule has 1 unspecified atom stereocenters. The Morgan fingerprint density at radius 3 is 2.83 bits per heavy atom. The van der Waals surface area contributed by atoms with E-state index in [-0.39, 0.29) is 17.6 Å². The number of ether oxygens (including phenoxy) is 1. The lowest BCUT2D eigenvalue weighted by molar-refractivity contribution is -0.0209. The molecule has 0 radical (unpaired) electrons. The molecular formula is C16H21BrN4O3. The van der Waals surface area contributed by atoms with Gasteiger partial charge in [-0.3, -0.25) is 0 Å². The van der Waals surface area contributed by atoms with Gasteiger partial charge in [0.2, 0.25) is 10.6 Å². The highest BCUT2D eigenvalue weighted by Crippen LogP contribution is 2.34. The van der Waals surface area contributed by atoms with Crippen molar-refractivity contribution in [1.82, 2.24) is 19.5 Å². The summed E-state index contributed by atoms with van der Waals surface area (Å²) in [6.45, 7) is 6.67. The first-order chi connectivity index (χ1) is 11.3. The predicted octanol–water partition coefficient (Wildman–Crippen LogP) is 3.43. The average Bonchev–Trinajstić information content (AvgIpc) is 2.87. The lowest BCUT2D eigenvalue weighted by Gasteiger charge is -2.46. The minimum absolute atomic E-state index is 0.231. The van der Waals surface area contributed by atoms with Crippen LogP contribution in [0.25, 0.3) is 5.65 Å². The van der Waals surface area contributed by atoms with Crippen LogP contribution in [0.3, 0.4) is 0 Å². The number of hydrogen-bond donors (Lipinski definition) is 1. The molecule has 1 saturated heterocycles. The number of piperidine rings is 1. The number of carbonyl (C=O) groups is 1. The van der Waals surface area contributed by atoms with Crippen molar-refractivity contribution in [3.63, 3.8) is 0 Å². The maximum Gasteiger partial charge on any atom is 0.407 e. The van der Waals surface area contributed by atoms with E-state index in [0.717, 1.165) is 12.8 Å². The van der Waals surface area contributed by atoms with Gasteiger partial charge in [-0.25, -0.2) is 9.78 Å². The van der Waals surface area contributed by atoms with E-state index in [1.807, 2.05) is 39.0 Å². The minimum Gasteiger partial charge on any atom is -0.472 e. The monoisotopic (exact) mass is 396 g/mol. The fraction of sp³-hybridized carbons (Fsp3) is 0.562. The minimum atomic E-state index is -0.898. The van der Waals surface area contributed by atoms with E-state index < -0.39 is 6.09 Å². The molecule has 130 valence electrons. The van der Waals surface area contributed by atoms with Crippen LogP contribution < -0.4 is 4.74 Å². The van der Waals surface area contributed by atoms with E-state index in [4.69, 9.17) is 4.74 Å². The molecule has 0 saturated carbocycles. The smallest absolute Gasteiger partial charge is 0.407 e. The van der Waals surface area contributed by atoms with Crippen LogP contribution >= 0.6 is 15.9 Å². The van der Waals surface area contributed by atoms with Crippen LogP contribution in [-0.2, 0) is 0 Å². The van der Waals surface area contributed by atoms with Gasteiger partial charge in [0.05, 0.1) is 6.04 Å². The average molecular weight is 397 g/mol. The largest absolute Gasteiger partial charge is 0.472 e. The summed E-state index contributed by atoms with van der Waals surface area (Å²) in [6, 6.07) is 5.30. The van der Waals surface area contributed by atoms with Crippen molar-refractivity contribution in [3.05, 3.63) is 22.9 Å². The first-order valence-electron chi connectivity index (χ1n) is 7.95. The third-order valence-corrected chi connectivity index (χ3v) is 4.62. The summed E-state index contributed by atoms with van der Waals surface area (Å²) in [6.07, 6.45) is 0.451. The SMILES string of the molecule is CC(C)(C)[C@H]1C(Oc2cccc3nc(Br)nn23)CCCN1C(=O)O. The maximum absolute atomic E-state index is 11.7. The normalized spacial score (nSPS) is 21.9. The summed E-state index contributed by atoms with van der Waals surface area (Å²) in [4.78, 5) is 17.4. The molecule has 2 aromatic rings. The summed E-state index contributed by atoms with van der Waals surface area (Å²) in [5, 5.41) is 13.9. The van der Waals surface area contributed by atoms with Crippen molar-refractivity contribution in [3.8, 4) is 5.88 Å². The molecule has 1 N–H and O–H groups in total. The van der Waals surface area contributed by atoms with E-state index in [0.29, 0.717) is 22.8 Å². The van der Waals surface area contributed by atoms with Gasteiger partial charge in [0.1, 0.15) is 6.10 Å². The third-order valence-electron chi connectivity index (χ3n) is 4.28. The molecule has 8 heteroatoms. The Morgan fingerprint density at radius 2 is 2.17 bits per heavy atom. The van der Waals surface area contributed by atoms with Crippen molar-refractivity contribution in [2.24, 2.45) is 5.41 Å². The fourth-order valence-corrected chi connectivity index (χ4v) is 3.76. The van der Waals surface area contributed by atoms with Crippen LogP contribution in [0.1, 0.15) is 33.6 Å². The standard InChI is InChI=1S/C16H21BrN4O3/c1-16(2,3)13-10(6-5-9-20(13)15(22)23)24-12-8-4-7-11-18-14(17)19-21(11)12/h4,7-8,10,13H,5-6,9H2,1-3H3,(H,22,23)/t10?,13-/m1/s1. The van der Waals surface area contributed by atoms with Crippen molar-refractivity contribution < 1.29 is 14.6 Å². The molecule has 2 atom stereocenters. The van der Waals surface area contributed by atoms with Crippen molar-refractivity contribution in [2.75, 3.05) is 6.54 Å². The van der Waals surface area contributed by atoms with E-state index in [1.165, 1.54) is 4.90 Å². The molecule has 7 nitrogen and oxygen atoms in total. The number of rotatable bonds is 2. The van der Waals surface area contributed by atoms with Gasteiger partial charge in [-0.2, -0.15) is 4.52 Å². The topological polar surface area (TPSA) is 80.0 Å². The molecule has 0 bridgehead atoms. The van der Waals surface area contributed by atoms with Gasteiger partial charge >= 0.3 is 6.09 Å². The molecule has 1 aliphatic rings. The number of amides is 1. The Balaban J connectivity index is 1.95. The first-order valence-corrected chi connectivity index (χ1v) is 8.74. The number of halogens is 1. The summed E-state index contributed by atoms with van der Waals surface area (Å²) in [7, 11) is 0. The molecule has 1 amide bonds. The van der Waals surface area contributed by atoms with Crippen LogP contribution in [0, 0.1) is 5.41 Å². The highest BCUT2D eigenvalue weighted by molar-refractivity contribution is 9.10. The molecule has 0 spiro atoms. The zero-order valence-corrected chi connectivity index (χ0v) is 15.5. The van der Waals surface area contributed by atoms with Crippen LogP contribution in [0.2, 0.25) is 0 Å². The van der Waals surface area contributed by atoms with Crippen molar-refractivity contribution in [2.45, 2.75) is 45.8 Å². The van der Waals surface area contributed by atoms with E-state index in [2.05, 4.69) is 26.0 Å². The van der Waals surface area contributed by atoms with E-state index >= 15 is 0 Å². The van der Waals surface area contributed by atoms with Crippen LogP contribution in [-0.4, -0.2) is 49.4 Å². The molecule has 0 aliphatic carbocycles. The second kappa shape index (κ2) is 6.23. The van der Waals surface area contributed by atoms with E-state index in [1.54, 1.807) is 4.52 Å². The summed E-state index contributed by atoms with van der Waals surface area (Å²) in [5.41, 5.74) is 0.443. The highest BCUT2D eigenvalue weighted by atomic mass is 79.9. The van der Waals surface area contributed by atoms with Gasteiger partial charge in [0, 0.05) is 12.6 Å². The Labute approximate surface area is 148 Å². The Hall–Kier alpha value is -1.83. The molecule has 1 aliphatic heterocycles. The molecule has 24 heavy (non-hydrogen) atoms. The number of hydrogen-bond acceptors (Lipinski definition) is 4. The van der Waals surface area contributed by atoms with Crippen LogP contribution in [0.4, 0.5) is 4.79 Å². The molecular weight excluding hydrogens is 376 g/mol. The van der Waals surface area contributed by atoms with Gasteiger partial charge in [0.15, 0.2) is 5.65 Å². The quantitative estimate of drug-likeness (QED) is 0.840. The summed E-state index contributed by atoms with van der Waals surface area (Å²) >= 11 is 3.27. The summed E-state index contributed by atoms with van der Waals surface area (Å²) in [5.74, 6) is 0.567. The first kappa shape index (κ1) is 17.0. The number of likely N-dealkylation sites (tertiary alicyclic amines) is 1. The fourth-order valence-electron chi connectivity index (χ4n) is 3.42. The summed E-state index contributed by atoms with van der Waals surface area (Å²) < 4.78 is 8.35. The third kappa shape index (κ3) is 3.19. The Morgan fingerprint density at radius 1 is 1.42 bits per heavy atom. The molecule has 1 fully saturated rings. The highest BCUT2D eigenvalue weighted by Gasteiger charge is 2.43. The lowest BCUT2D eigenvalue weighted by atomic mass is 9.79. The van der Waals surface area contributed by atoms with Gasteiger partial charge in [-0.05, 0) is 40.3 Å². The number of nitrogens with zero attached hydrogens (tertiary/aromatic N) is 4. The second-order valence-electron chi connectivity index (χ2n) is 7.10. The zero-order valence-electron chi connectivity index (χ0n) is 13.9. The number of aromatic nitrogens is 3. The van der Waals surface area contributed by atoms with Crippen molar-refractivity contribution >= 4 is 27.7 Å². The van der Waals surface area contributed by atoms with Crippen molar-refractivity contribution in [1.29, 1.82) is 0 Å². The van der Waals surface area contributed by atoms with Gasteiger partial charge in [0.25, 0.3) is 0 Å². The van der Waals surface area contributed by atoms with E-state index in [9.17, 15) is 9.90 Å².